The van der Waals surface area contributed by atoms with E-state index in [1.807, 2.05) is 0 Å². The third-order valence-corrected chi connectivity index (χ3v) is 4.92. The summed E-state index contributed by atoms with van der Waals surface area (Å²) >= 11 is 0. The van der Waals surface area contributed by atoms with Crippen LogP contribution in [0.4, 0.5) is 0 Å². The highest BCUT2D eigenvalue weighted by Crippen LogP contribution is 2.38. The van der Waals surface area contributed by atoms with E-state index in [9.17, 15) is 5.11 Å². The van der Waals surface area contributed by atoms with Crippen molar-refractivity contribution in [1.29, 1.82) is 0 Å². The summed E-state index contributed by atoms with van der Waals surface area (Å²) in [6.45, 7) is 0. The lowest BCUT2D eigenvalue weighted by atomic mass is 9.79. The Morgan fingerprint density at radius 3 is 2.06 bits per heavy atom. The maximum atomic E-state index is 10.2. The Hall–Kier alpha value is -0.820. The van der Waals surface area contributed by atoms with Gasteiger partial charge in [0.2, 0.25) is 0 Å². The van der Waals surface area contributed by atoms with E-state index < -0.39 is 0 Å². The van der Waals surface area contributed by atoms with Crippen LogP contribution >= 0.6 is 0 Å². The lowest BCUT2D eigenvalue weighted by Gasteiger charge is -2.27. The monoisotopic (exact) mass is 244 g/mol. The first-order chi connectivity index (χ1) is 8.84. The van der Waals surface area contributed by atoms with Gasteiger partial charge >= 0.3 is 0 Å². The van der Waals surface area contributed by atoms with Gasteiger partial charge in [0.1, 0.15) is 0 Å². The molecule has 0 aliphatic heterocycles. The highest BCUT2D eigenvalue weighted by Gasteiger charge is 2.24. The van der Waals surface area contributed by atoms with Crippen molar-refractivity contribution in [2.75, 3.05) is 0 Å². The van der Waals surface area contributed by atoms with Crippen LogP contribution in [-0.2, 0) is 0 Å². The minimum absolute atomic E-state index is 0.123. The van der Waals surface area contributed by atoms with Crippen LogP contribution in [0.15, 0.2) is 24.3 Å². The van der Waals surface area contributed by atoms with Crippen molar-refractivity contribution in [2.45, 2.75) is 69.3 Å². The minimum Gasteiger partial charge on any atom is -0.392 e. The molecule has 0 bridgehead atoms. The van der Waals surface area contributed by atoms with Gasteiger partial charge in [-0.2, -0.15) is 0 Å². The lowest BCUT2D eigenvalue weighted by Crippen LogP contribution is -2.17. The van der Waals surface area contributed by atoms with Crippen LogP contribution in [-0.4, -0.2) is 11.2 Å². The number of aliphatic hydroxyl groups excluding tert-OH is 1. The molecule has 1 heteroatoms. The second-order valence-corrected chi connectivity index (χ2v) is 6.11. The Morgan fingerprint density at radius 2 is 1.39 bits per heavy atom. The fraction of sp³-hybridized carbons (Fsp3) is 0.647. The first kappa shape index (κ1) is 12.2. The van der Waals surface area contributed by atoms with Gasteiger partial charge < -0.3 is 5.11 Å². The molecule has 98 valence electrons. The van der Waals surface area contributed by atoms with E-state index >= 15 is 0 Å². The maximum Gasteiger partial charge on any atom is 0.0608 e. The summed E-state index contributed by atoms with van der Waals surface area (Å²) in [5, 5.41) is 10.2. The predicted molar refractivity (Wildman–Crippen MR) is 74.9 cm³/mol. The van der Waals surface area contributed by atoms with Gasteiger partial charge in [-0.1, -0.05) is 49.9 Å². The average Bonchev–Trinajstić information content (AvgIpc) is 2.53. The second kappa shape index (κ2) is 5.44. The number of hydrogen-bond donors (Lipinski definition) is 1. The number of aliphatic hydroxyl groups is 1. The molecule has 0 saturated heterocycles. The van der Waals surface area contributed by atoms with Crippen LogP contribution in [0.2, 0.25) is 0 Å². The number of benzene rings is 1. The average molecular weight is 244 g/mol. The summed E-state index contributed by atoms with van der Waals surface area (Å²) in [4.78, 5) is 0. The van der Waals surface area contributed by atoms with Crippen LogP contribution in [0.3, 0.4) is 0 Å². The van der Waals surface area contributed by atoms with Crippen molar-refractivity contribution in [2.24, 2.45) is 0 Å². The van der Waals surface area contributed by atoms with Gasteiger partial charge in [0, 0.05) is 5.92 Å². The van der Waals surface area contributed by atoms with Crippen molar-refractivity contribution >= 4 is 0 Å². The fourth-order valence-corrected chi connectivity index (χ4v) is 3.43. The smallest absolute Gasteiger partial charge is 0.0608 e. The largest absolute Gasteiger partial charge is 0.392 e. The highest BCUT2D eigenvalue weighted by atomic mass is 16.3. The third kappa shape index (κ3) is 2.47. The molecule has 1 nitrogen and oxygen atoms in total. The van der Waals surface area contributed by atoms with Crippen LogP contribution in [0, 0.1) is 0 Å². The van der Waals surface area contributed by atoms with Gasteiger partial charge in [-0.3, -0.25) is 0 Å². The van der Waals surface area contributed by atoms with Crippen LogP contribution in [0.1, 0.15) is 74.3 Å². The summed E-state index contributed by atoms with van der Waals surface area (Å²) in [5.41, 5.74) is 2.86. The molecule has 2 fully saturated rings. The van der Waals surface area contributed by atoms with E-state index in [-0.39, 0.29) is 6.10 Å². The topological polar surface area (TPSA) is 20.2 Å². The van der Waals surface area contributed by atoms with Crippen molar-refractivity contribution < 1.29 is 5.11 Å². The normalized spacial score (nSPS) is 29.6. The second-order valence-electron chi connectivity index (χ2n) is 6.11. The van der Waals surface area contributed by atoms with E-state index in [0.29, 0.717) is 5.92 Å². The molecule has 18 heavy (non-hydrogen) atoms. The van der Waals surface area contributed by atoms with E-state index in [1.165, 1.54) is 49.7 Å². The molecule has 0 heterocycles. The quantitative estimate of drug-likeness (QED) is 0.766. The molecule has 0 aromatic heterocycles. The zero-order valence-corrected chi connectivity index (χ0v) is 11.1. The molecule has 0 spiro atoms. The Morgan fingerprint density at radius 1 is 0.722 bits per heavy atom. The van der Waals surface area contributed by atoms with Crippen LogP contribution in [0.25, 0.3) is 0 Å². The predicted octanol–water partition coefficient (Wildman–Crippen LogP) is 4.36. The SMILES string of the molecule is OC1CCCCCC1c1ccc(C2CCC2)cc1. The van der Waals surface area contributed by atoms with Gasteiger partial charge in [-0.05, 0) is 42.7 Å². The maximum absolute atomic E-state index is 10.2. The van der Waals surface area contributed by atoms with E-state index in [0.717, 1.165) is 18.8 Å². The standard InChI is InChI=1S/C17H24O/c18-17-8-3-1-2-7-16(17)15-11-9-14(10-12-15)13-5-4-6-13/h9-13,16-18H,1-8H2. The molecule has 2 aliphatic rings. The first-order valence-electron chi connectivity index (χ1n) is 7.62. The summed E-state index contributed by atoms with van der Waals surface area (Å²) in [7, 11) is 0. The van der Waals surface area contributed by atoms with Crippen LogP contribution in [0.5, 0.6) is 0 Å². The minimum atomic E-state index is -0.123. The Kier molecular flexibility index (Phi) is 3.69. The number of hydrogen-bond acceptors (Lipinski definition) is 1. The summed E-state index contributed by atoms with van der Waals surface area (Å²) in [6, 6.07) is 9.15. The zero-order chi connectivity index (χ0) is 12.4. The Labute approximate surface area is 110 Å². The van der Waals surface area contributed by atoms with E-state index in [4.69, 9.17) is 0 Å². The summed E-state index contributed by atoms with van der Waals surface area (Å²) in [6.07, 6.45) is 9.89. The van der Waals surface area contributed by atoms with Gasteiger partial charge in [0.25, 0.3) is 0 Å². The third-order valence-electron chi connectivity index (χ3n) is 4.92. The molecule has 1 aromatic carbocycles. The van der Waals surface area contributed by atoms with Crippen molar-refractivity contribution in [3.63, 3.8) is 0 Å². The van der Waals surface area contributed by atoms with Gasteiger partial charge in [0.15, 0.2) is 0 Å². The first-order valence-corrected chi connectivity index (χ1v) is 7.62. The molecular formula is C17H24O. The molecule has 3 rings (SSSR count). The molecule has 1 aromatic rings. The van der Waals surface area contributed by atoms with E-state index in [1.54, 1.807) is 0 Å². The molecule has 1 N–H and O–H groups in total. The zero-order valence-electron chi connectivity index (χ0n) is 11.1. The molecule has 0 amide bonds. The lowest BCUT2D eigenvalue weighted by molar-refractivity contribution is 0.135. The Bertz CT molecular complexity index is 377. The Balaban J connectivity index is 1.74. The van der Waals surface area contributed by atoms with Crippen molar-refractivity contribution in [3.8, 4) is 0 Å². The van der Waals surface area contributed by atoms with Crippen LogP contribution < -0.4 is 0 Å². The fourth-order valence-electron chi connectivity index (χ4n) is 3.43. The highest BCUT2D eigenvalue weighted by molar-refractivity contribution is 5.29. The van der Waals surface area contributed by atoms with Crippen molar-refractivity contribution in [1.82, 2.24) is 0 Å². The molecule has 2 unspecified atom stereocenters. The summed E-state index contributed by atoms with van der Waals surface area (Å²) in [5.74, 6) is 1.20. The van der Waals surface area contributed by atoms with Crippen molar-refractivity contribution in [3.05, 3.63) is 35.4 Å². The van der Waals surface area contributed by atoms with Gasteiger partial charge in [0.05, 0.1) is 6.10 Å². The molecule has 0 radical (unpaired) electrons. The molecule has 2 atom stereocenters. The van der Waals surface area contributed by atoms with Gasteiger partial charge in [-0.25, -0.2) is 0 Å². The van der Waals surface area contributed by atoms with E-state index in [2.05, 4.69) is 24.3 Å². The molecular weight excluding hydrogens is 220 g/mol. The molecule has 2 saturated carbocycles. The van der Waals surface area contributed by atoms with Gasteiger partial charge in [-0.15, -0.1) is 0 Å². The number of rotatable bonds is 2. The molecule has 2 aliphatic carbocycles. The summed E-state index contributed by atoms with van der Waals surface area (Å²) < 4.78 is 0.